The predicted molar refractivity (Wildman–Crippen MR) is 52.0 cm³/mol. The van der Waals surface area contributed by atoms with Gasteiger partial charge in [-0.25, -0.2) is 0 Å². The van der Waals surface area contributed by atoms with Crippen molar-refractivity contribution in [3.05, 3.63) is 36.2 Å². The van der Waals surface area contributed by atoms with E-state index in [2.05, 4.69) is 4.98 Å². The van der Waals surface area contributed by atoms with Crippen molar-refractivity contribution in [3.8, 4) is 0 Å². The molecule has 1 aromatic rings. The largest absolute Gasteiger partial charge is 0.377 e. The molecule has 0 bridgehead atoms. The molecule has 0 atom stereocenters. The fourth-order valence-electron chi connectivity index (χ4n) is 1.09. The minimum Gasteiger partial charge on any atom is -0.377 e. The summed E-state index contributed by atoms with van der Waals surface area (Å²) in [5.41, 5.74) is 1.88. The molecule has 0 fully saturated rings. The number of aldehydes is 1. The number of carbonyl (C=O) groups is 1. The Balaban J connectivity index is 3.03. The Labute approximate surface area is 77.7 Å². The third-order valence-corrected chi connectivity index (χ3v) is 1.68. The number of aromatic nitrogens is 1. The molecule has 0 spiro atoms. The van der Waals surface area contributed by atoms with Gasteiger partial charge in [-0.3, -0.25) is 9.78 Å². The summed E-state index contributed by atoms with van der Waals surface area (Å²) in [5.74, 6) is 0. The zero-order valence-corrected chi connectivity index (χ0v) is 7.77. The number of allylic oxidation sites excluding steroid dienone is 1. The lowest BCUT2D eigenvalue weighted by Crippen LogP contribution is -2.10. The smallest absolute Gasteiger partial charge is 0.144 e. The molecule has 3 nitrogen and oxygen atoms in total. The minimum absolute atomic E-state index is 0.787. The van der Waals surface area contributed by atoms with Crippen LogP contribution in [0.25, 0.3) is 5.70 Å². The third kappa shape index (κ3) is 2.40. The second kappa shape index (κ2) is 4.40. The van der Waals surface area contributed by atoms with Gasteiger partial charge in [0.1, 0.15) is 6.29 Å². The Kier molecular flexibility index (Phi) is 3.20. The molecule has 0 saturated carbocycles. The first-order valence-corrected chi connectivity index (χ1v) is 3.99. The van der Waals surface area contributed by atoms with Gasteiger partial charge in [0, 0.05) is 43.8 Å². The SMILES string of the molecule is CN(C)/C(=C/C=O)c1ccncc1. The zero-order chi connectivity index (χ0) is 9.68. The van der Waals surface area contributed by atoms with Crippen molar-refractivity contribution in [1.82, 2.24) is 9.88 Å². The van der Waals surface area contributed by atoms with E-state index in [4.69, 9.17) is 0 Å². The van der Waals surface area contributed by atoms with Crippen LogP contribution >= 0.6 is 0 Å². The van der Waals surface area contributed by atoms with E-state index in [1.54, 1.807) is 12.4 Å². The first-order chi connectivity index (χ1) is 6.25. The normalized spacial score (nSPS) is 11.1. The molecule has 1 rings (SSSR count). The molecule has 1 heterocycles. The van der Waals surface area contributed by atoms with E-state index in [1.807, 2.05) is 31.1 Å². The standard InChI is InChI=1S/C10H12N2O/c1-12(2)10(5-8-13)9-3-6-11-7-4-9/h3-8H,1-2H3/b10-5+. The minimum atomic E-state index is 0.787. The van der Waals surface area contributed by atoms with Gasteiger partial charge in [-0.05, 0) is 12.1 Å². The van der Waals surface area contributed by atoms with Crippen LogP contribution in [0, 0.1) is 0 Å². The predicted octanol–water partition coefficient (Wildman–Crippen LogP) is 1.18. The monoisotopic (exact) mass is 176 g/mol. The van der Waals surface area contributed by atoms with E-state index in [0.29, 0.717) is 0 Å². The van der Waals surface area contributed by atoms with Crippen molar-refractivity contribution in [3.63, 3.8) is 0 Å². The van der Waals surface area contributed by atoms with Crippen molar-refractivity contribution in [2.75, 3.05) is 14.1 Å². The van der Waals surface area contributed by atoms with Crippen LogP contribution in [0.5, 0.6) is 0 Å². The van der Waals surface area contributed by atoms with Crippen molar-refractivity contribution < 1.29 is 4.79 Å². The molecule has 0 aliphatic rings. The summed E-state index contributed by atoms with van der Waals surface area (Å²) in [4.78, 5) is 16.2. The van der Waals surface area contributed by atoms with Gasteiger partial charge in [0.05, 0.1) is 0 Å². The Morgan fingerprint density at radius 3 is 2.46 bits per heavy atom. The van der Waals surface area contributed by atoms with Gasteiger partial charge in [0.15, 0.2) is 0 Å². The van der Waals surface area contributed by atoms with E-state index in [1.165, 1.54) is 6.08 Å². The Hall–Kier alpha value is -1.64. The van der Waals surface area contributed by atoms with E-state index < -0.39 is 0 Å². The van der Waals surface area contributed by atoms with Gasteiger partial charge in [-0.1, -0.05) is 0 Å². The van der Waals surface area contributed by atoms with Crippen LogP contribution in [-0.2, 0) is 4.79 Å². The van der Waals surface area contributed by atoms with Crippen LogP contribution in [-0.4, -0.2) is 30.3 Å². The highest BCUT2D eigenvalue weighted by Crippen LogP contribution is 2.13. The first-order valence-electron chi connectivity index (χ1n) is 3.99. The number of rotatable bonds is 3. The number of hydrogen-bond donors (Lipinski definition) is 0. The average Bonchev–Trinajstić information content (AvgIpc) is 2.15. The van der Waals surface area contributed by atoms with Crippen molar-refractivity contribution in [1.29, 1.82) is 0 Å². The molecule has 0 aromatic carbocycles. The maximum atomic E-state index is 10.4. The zero-order valence-electron chi connectivity index (χ0n) is 7.77. The van der Waals surface area contributed by atoms with Crippen molar-refractivity contribution >= 4 is 12.0 Å². The Bertz CT molecular complexity index is 304. The maximum Gasteiger partial charge on any atom is 0.144 e. The summed E-state index contributed by atoms with van der Waals surface area (Å²) in [6.45, 7) is 0. The molecule has 0 radical (unpaired) electrons. The lowest BCUT2D eigenvalue weighted by Gasteiger charge is -2.16. The number of carbonyl (C=O) groups excluding carboxylic acids is 1. The summed E-state index contributed by atoms with van der Waals surface area (Å²) in [5, 5.41) is 0. The molecule has 0 saturated heterocycles. The van der Waals surface area contributed by atoms with Crippen molar-refractivity contribution in [2.24, 2.45) is 0 Å². The number of hydrogen-bond acceptors (Lipinski definition) is 3. The molecule has 1 aromatic heterocycles. The molecule has 13 heavy (non-hydrogen) atoms. The quantitative estimate of drug-likeness (QED) is 0.512. The van der Waals surface area contributed by atoms with E-state index in [0.717, 1.165) is 17.5 Å². The summed E-state index contributed by atoms with van der Waals surface area (Å²) in [6, 6.07) is 3.74. The van der Waals surface area contributed by atoms with Crippen molar-refractivity contribution in [2.45, 2.75) is 0 Å². The lowest BCUT2D eigenvalue weighted by molar-refractivity contribution is -0.104. The summed E-state index contributed by atoms with van der Waals surface area (Å²) >= 11 is 0. The van der Waals surface area contributed by atoms with Gasteiger partial charge in [0.2, 0.25) is 0 Å². The van der Waals surface area contributed by atoms with E-state index in [9.17, 15) is 4.79 Å². The molecule has 0 amide bonds. The van der Waals surface area contributed by atoms with Gasteiger partial charge in [-0.15, -0.1) is 0 Å². The van der Waals surface area contributed by atoms with Crippen LogP contribution in [0.2, 0.25) is 0 Å². The maximum absolute atomic E-state index is 10.4. The highest BCUT2D eigenvalue weighted by atomic mass is 16.1. The Morgan fingerprint density at radius 1 is 1.38 bits per heavy atom. The summed E-state index contributed by atoms with van der Waals surface area (Å²) < 4.78 is 0. The van der Waals surface area contributed by atoms with Gasteiger partial charge in [0.25, 0.3) is 0 Å². The third-order valence-electron chi connectivity index (χ3n) is 1.68. The van der Waals surface area contributed by atoms with Gasteiger partial charge >= 0.3 is 0 Å². The molecule has 0 N–H and O–H groups in total. The number of nitrogens with zero attached hydrogens (tertiary/aromatic N) is 2. The molecule has 0 aliphatic carbocycles. The van der Waals surface area contributed by atoms with Gasteiger partial charge in [-0.2, -0.15) is 0 Å². The second-order valence-electron chi connectivity index (χ2n) is 2.82. The molecule has 68 valence electrons. The van der Waals surface area contributed by atoms with Crippen LogP contribution in [0.1, 0.15) is 5.56 Å². The topological polar surface area (TPSA) is 33.2 Å². The fourth-order valence-corrected chi connectivity index (χ4v) is 1.09. The summed E-state index contributed by atoms with van der Waals surface area (Å²) in [6.07, 6.45) is 5.74. The molecule has 3 heteroatoms. The van der Waals surface area contributed by atoms with Gasteiger partial charge < -0.3 is 4.90 Å². The Morgan fingerprint density at radius 2 is 2.00 bits per heavy atom. The van der Waals surface area contributed by atoms with Crippen LogP contribution in [0.3, 0.4) is 0 Å². The average molecular weight is 176 g/mol. The highest BCUT2D eigenvalue weighted by Gasteiger charge is 2.01. The molecular weight excluding hydrogens is 164 g/mol. The lowest BCUT2D eigenvalue weighted by atomic mass is 10.2. The second-order valence-corrected chi connectivity index (χ2v) is 2.82. The fraction of sp³-hybridized carbons (Fsp3) is 0.200. The van der Waals surface area contributed by atoms with E-state index >= 15 is 0 Å². The number of pyridine rings is 1. The molecule has 0 aliphatic heterocycles. The first kappa shape index (κ1) is 9.45. The molecule has 0 unspecified atom stereocenters. The summed E-state index contributed by atoms with van der Waals surface area (Å²) in [7, 11) is 3.80. The van der Waals surface area contributed by atoms with Crippen LogP contribution in [0.4, 0.5) is 0 Å². The van der Waals surface area contributed by atoms with Crippen LogP contribution in [0.15, 0.2) is 30.6 Å². The van der Waals surface area contributed by atoms with E-state index in [-0.39, 0.29) is 0 Å². The van der Waals surface area contributed by atoms with Crippen LogP contribution < -0.4 is 0 Å². The highest BCUT2D eigenvalue weighted by molar-refractivity contribution is 5.80. The molecular formula is C10H12N2O.